The van der Waals surface area contributed by atoms with Gasteiger partial charge in [0.2, 0.25) is 5.95 Å². The van der Waals surface area contributed by atoms with Gasteiger partial charge in [-0.2, -0.15) is 15.1 Å². The molecule has 2 aliphatic rings. The summed E-state index contributed by atoms with van der Waals surface area (Å²) in [6.45, 7) is 5.40. The Morgan fingerprint density at radius 3 is 2.56 bits per heavy atom. The van der Waals surface area contributed by atoms with Crippen molar-refractivity contribution in [2.75, 3.05) is 68.0 Å². The number of nitrogens with one attached hydrogen (secondary N) is 4. The van der Waals surface area contributed by atoms with Gasteiger partial charge < -0.3 is 25.7 Å². The lowest BCUT2D eigenvalue weighted by Crippen LogP contribution is -2.36. The Labute approximate surface area is 185 Å². The molecule has 0 aliphatic carbocycles. The van der Waals surface area contributed by atoms with Crippen molar-refractivity contribution in [2.45, 2.75) is 5.03 Å². The molecule has 0 unspecified atom stereocenters. The molecule has 0 spiro atoms. The van der Waals surface area contributed by atoms with Crippen molar-refractivity contribution >= 4 is 44.0 Å². The number of aromatic nitrogens is 4. The standard InChI is InChI=1S/C19H25N9O3S/c1-32(29,30)18-15-16(24-25-18)22-19(23-17(15)26-28-7-6-20-12-28)21-13-2-4-14(5-3-13)27-8-10-31-11-9-27/h2-5,20H,6-12H2,1H3,(H3,21,22,23,24,25,26). The lowest BCUT2D eigenvalue weighted by atomic mass is 10.2. The highest BCUT2D eigenvalue weighted by Crippen LogP contribution is 2.29. The van der Waals surface area contributed by atoms with E-state index < -0.39 is 9.84 Å². The lowest BCUT2D eigenvalue weighted by molar-refractivity contribution is 0.122. The number of hydrogen-bond donors (Lipinski definition) is 4. The first-order valence-electron chi connectivity index (χ1n) is 10.4. The van der Waals surface area contributed by atoms with Gasteiger partial charge in [0.25, 0.3) is 0 Å². The van der Waals surface area contributed by atoms with Crippen molar-refractivity contribution in [3.05, 3.63) is 24.3 Å². The molecule has 170 valence electrons. The van der Waals surface area contributed by atoms with Gasteiger partial charge in [-0.15, -0.1) is 0 Å². The molecule has 0 atom stereocenters. The minimum absolute atomic E-state index is 0.0106. The van der Waals surface area contributed by atoms with Crippen molar-refractivity contribution in [1.29, 1.82) is 0 Å². The molecule has 32 heavy (non-hydrogen) atoms. The summed E-state index contributed by atoms with van der Waals surface area (Å²) in [6.07, 6.45) is 1.13. The van der Waals surface area contributed by atoms with Gasteiger partial charge in [0.1, 0.15) is 5.39 Å². The van der Waals surface area contributed by atoms with E-state index in [1.54, 1.807) is 0 Å². The van der Waals surface area contributed by atoms with Crippen molar-refractivity contribution < 1.29 is 13.2 Å². The van der Waals surface area contributed by atoms with Crippen LogP contribution in [0, 0.1) is 0 Å². The molecular formula is C19H25N9O3S. The Kier molecular flexibility index (Phi) is 5.55. The monoisotopic (exact) mass is 459 g/mol. The Morgan fingerprint density at radius 1 is 1.09 bits per heavy atom. The highest BCUT2D eigenvalue weighted by atomic mass is 32.2. The third-order valence-corrected chi connectivity index (χ3v) is 6.41. The number of rotatable bonds is 6. The van der Waals surface area contributed by atoms with E-state index >= 15 is 0 Å². The van der Waals surface area contributed by atoms with E-state index in [0.29, 0.717) is 23.8 Å². The second kappa shape index (κ2) is 8.50. The summed E-state index contributed by atoms with van der Waals surface area (Å²) in [4.78, 5) is 11.3. The van der Waals surface area contributed by atoms with Gasteiger partial charge in [0.15, 0.2) is 26.3 Å². The van der Waals surface area contributed by atoms with Gasteiger partial charge in [-0.25, -0.2) is 13.4 Å². The van der Waals surface area contributed by atoms with E-state index in [0.717, 1.165) is 57.0 Å². The van der Waals surface area contributed by atoms with E-state index in [9.17, 15) is 8.42 Å². The van der Waals surface area contributed by atoms with E-state index in [1.165, 1.54) is 0 Å². The summed E-state index contributed by atoms with van der Waals surface area (Å²) >= 11 is 0. The molecule has 0 amide bonds. The van der Waals surface area contributed by atoms with Crippen LogP contribution in [-0.4, -0.2) is 85.9 Å². The topological polar surface area (TPSA) is 140 Å². The molecule has 4 heterocycles. The zero-order valence-corrected chi connectivity index (χ0v) is 18.4. The van der Waals surface area contributed by atoms with Crippen LogP contribution in [0.4, 0.5) is 23.1 Å². The summed E-state index contributed by atoms with van der Waals surface area (Å²) in [5, 5.41) is 15.4. The molecule has 2 aromatic heterocycles. The van der Waals surface area contributed by atoms with E-state index in [4.69, 9.17) is 4.74 Å². The van der Waals surface area contributed by atoms with Crippen LogP contribution in [-0.2, 0) is 14.6 Å². The fourth-order valence-electron chi connectivity index (χ4n) is 3.76. The predicted octanol–water partition coefficient (Wildman–Crippen LogP) is 0.526. The molecule has 0 bridgehead atoms. The molecule has 2 aliphatic heterocycles. The highest BCUT2D eigenvalue weighted by molar-refractivity contribution is 7.90. The number of hydrogen-bond acceptors (Lipinski definition) is 11. The average Bonchev–Trinajstić information content (AvgIpc) is 3.45. The van der Waals surface area contributed by atoms with Gasteiger partial charge in [0, 0.05) is 43.8 Å². The first kappa shape index (κ1) is 20.9. The summed E-state index contributed by atoms with van der Waals surface area (Å²) in [7, 11) is -3.54. The lowest BCUT2D eigenvalue weighted by Gasteiger charge is -2.28. The molecule has 3 aromatic rings. The number of aromatic amines is 1. The number of H-pyrrole nitrogens is 1. The fraction of sp³-hybridized carbons (Fsp3) is 0.421. The second-order valence-electron chi connectivity index (χ2n) is 7.72. The van der Waals surface area contributed by atoms with Crippen molar-refractivity contribution in [2.24, 2.45) is 0 Å². The Morgan fingerprint density at radius 2 is 1.88 bits per heavy atom. The van der Waals surface area contributed by atoms with Crippen LogP contribution in [0.15, 0.2) is 29.3 Å². The molecule has 0 saturated carbocycles. The molecule has 2 saturated heterocycles. The molecule has 2 fully saturated rings. The Balaban J connectivity index is 1.44. The molecule has 12 nitrogen and oxygen atoms in total. The van der Waals surface area contributed by atoms with E-state index in [1.807, 2.05) is 29.3 Å². The third-order valence-electron chi connectivity index (χ3n) is 5.38. The zero-order valence-electron chi connectivity index (χ0n) is 17.6. The van der Waals surface area contributed by atoms with Gasteiger partial charge in [-0.05, 0) is 24.3 Å². The van der Waals surface area contributed by atoms with Gasteiger partial charge in [-0.3, -0.25) is 5.10 Å². The number of morpholine rings is 1. The van der Waals surface area contributed by atoms with Crippen LogP contribution in [0.1, 0.15) is 0 Å². The number of fused-ring (bicyclic) bond motifs is 1. The number of ether oxygens (including phenoxy) is 1. The van der Waals surface area contributed by atoms with E-state index in [2.05, 4.69) is 41.1 Å². The largest absolute Gasteiger partial charge is 0.378 e. The van der Waals surface area contributed by atoms with Crippen LogP contribution in [0.2, 0.25) is 0 Å². The summed E-state index contributed by atoms with van der Waals surface area (Å²) in [5.41, 5.74) is 5.41. The van der Waals surface area contributed by atoms with Crippen LogP contribution in [0.5, 0.6) is 0 Å². The number of benzene rings is 1. The minimum atomic E-state index is -3.54. The molecular weight excluding hydrogens is 434 g/mol. The van der Waals surface area contributed by atoms with Crippen molar-refractivity contribution in [3.8, 4) is 0 Å². The molecule has 0 radical (unpaired) electrons. The maximum Gasteiger partial charge on any atom is 0.231 e. The van der Waals surface area contributed by atoms with Crippen molar-refractivity contribution in [3.63, 3.8) is 0 Å². The number of hydrazine groups is 1. The molecule has 4 N–H and O–H groups in total. The van der Waals surface area contributed by atoms with Crippen LogP contribution >= 0.6 is 0 Å². The maximum absolute atomic E-state index is 12.2. The summed E-state index contributed by atoms with van der Waals surface area (Å²) in [5.74, 6) is 0.693. The average molecular weight is 460 g/mol. The molecule has 1 aromatic carbocycles. The first-order valence-corrected chi connectivity index (χ1v) is 12.2. The quantitative estimate of drug-likeness (QED) is 0.410. The first-order chi connectivity index (χ1) is 15.5. The van der Waals surface area contributed by atoms with Crippen molar-refractivity contribution in [1.82, 2.24) is 30.5 Å². The van der Waals surface area contributed by atoms with Gasteiger partial charge >= 0.3 is 0 Å². The SMILES string of the molecule is CS(=O)(=O)c1[nH]nc2nc(Nc3ccc(N4CCOCC4)cc3)nc(NN3CCNC3)c12. The van der Waals surface area contributed by atoms with E-state index in [-0.39, 0.29) is 10.7 Å². The fourth-order valence-corrected chi connectivity index (χ4v) is 4.53. The normalized spacial score (nSPS) is 17.7. The zero-order chi connectivity index (χ0) is 22.1. The Bertz CT molecular complexity index is 1200. The minimum Gasteiger partial charge on any atom is -0.378 e. The van der Waals surface area contributed by atoms with Crippen LogP contribution in [0.25, 0.3) is 11.0 Å². The number of sulfone groups is 1. The van der Waals surface area contributed by atoms with Crippen LogP contribution < -0.4 is 21.0 Å². The second-order valence-corrected chi connectivity index (χ2v) is 9.68. The summed E-state index contributed by atoms with van der Waals surface area (Å²) < 4.78 is 29.9. The molecule has 13 heteroatoms. The highest BCUT2D eigenvalue weighted by Gasteiger charge is 2.23. The van der Waals surface area contributed by atoms with Gasteiger partial charge in [0.05, 0.1) is 19.9 Å². The van der Waals surface area contributed by atoms with Gasteiger partial charge in [-0.1, -0.05) is 0 Å². The number of anilines is 4. The molecule has 5 rings (SSSR count). The van der Waals surface area contributed by atoms with Crippen LogP contribution in [0.3, 0.4) is 0 Å². The number of nitrogens with zero attached hydrogens (tertiary/aromatic N) is 5. The Hall–Kier alpha value is -3.00. The maximum atomic E-state index is 12.2. The third kappa shape index (κ3) is 4.32. The summed E-state index contributed by atoms with van der Waals surface area (Å²) in [6, 6.07) is 8.00. The smallest absolute Gasteiger partial charge is 0.231 e. The predicted molar refractivity (Wildman–Crippen MR) is 121 cm³/mol.